The quantitative estimate of drug-likeness (QED) is 0.834. The van der Waals surface area contributed by atoms with Crippen LogP contribution in [0.15, 0.2) is 27.8 Å². The molecule has 0 fully saturated rings. The van der Waals surface area contributed by atoms with Gasteiger partial charge in [-0.25, -0.2) is 4.79 Å². The number of amides is 3. The van der Waals surface area contributed by atoms with Gasteiger partial charge in [0.25, 0.3) is 5.22 Å². The van der Waals surface area contributed by atoms with E-state index in [0.29, 0.717) is 5.89 Å². The van der Waals surface area contributed by atoms with Crippen LogP contribution in [0.2, 0.25) is 0 Å². The molecule has 7 nitrogen and oxygen atoms in total. The highest BCUT2D eigenvalue weighted by atomic mass is 32.2. The molecule has 2 rings (SSSR count). The van der Waals surface area contributed by atoms with E-state index < -0.39 is 17.2 Å². The summed E-state index contributed by atoms with van der Waals surface area (Å²) >= 11 is 1.06. The number of nitrogens with two attached hydrogens (primary N) is 1. The van der Waals surface area contributed by atoms with Gasteiger partial charge in [-0.3, -0.25) is 10.1 Å². The predicted molar refractivity (Wildman–Crippen MR) is 82.3 cm³/mol. The van der Waals surface area contributed by atoms with E-state index >= 15 is 0 Å². The fourth-order valence-electron chi connectivity index (χ4n) is 1.68. The minimum atomic E-state index is -0.890. The number of carbonyl (C=O) groups excluding carboxylic acids is 2. The van der Waals surface area contributed by atoms with E-state index in [1.807, 2.05) is 37.4 Å². The van der Waals surface area contributed by atoms with E-state index in [1.54, 1.807) is 6.92 Å². The minimum Gasteiger partial charge on any atom is -0.411 e. The number of aryl methyl sites for hydroxylation is 2. The molecule has 1 aromatic carbocycles. The molecule has 116 valence electrons. The van der Waals surface area contributed by atoms with E-state index in [2.05, 4.69) is 10.2 Å². The number of benzene rings is 1. The number of hydrogen-bond donors (Lipinski definition) is 2. The molecule has 22 heavy (non-hydrogen) atoms. The second-order valence-electron chi connectivity index (χ2n) is 4.79. The van der Waals surface area contributed by atoms with Gasteiger partial charge in [0.15, 0.2) is 0 Å². The van der Waals surface area contributed by atoms with E-state index in [1.165, 1.54) is 5.56 Å². The standard InChI is InChI=1S/C14H16N4O3S/c1-7-4-5-10(6-8(7)2)12-17-18-14(21-12)22-9(3)11(19)16-13(15)20/h4-6,9H,1-3H3,(H3,15,16,19,20)/t9-/m1/s1. The lowest BCUT2D eigenvalue weighted by Crippen LogP contribution is -2.39. The molecule has 1 atom stereocenters. The van der Waals surface area contributed by atoms with Gasteiger partial charge in [0, 0.05) is 5.56 Å². The van der Waals surface area contributed by atoms with Gasteiger partial charge < -0.3 is 10.2 Å². The number of hydrogen-bond acceptors (Lipinski definition) is 6. The maximum absolute atomic E-state index is 11.6. The van der Waals surface area contributed by atoms with Gasteiger partial charge in [-0.05, 0) is 44.0 Å². The van der Waals surface area contributed by atoms with Crippen LogP contribution in [-0.2, 0) is 4.79 Å². The Hall–Kier alpha value is -2.35. The average Bonchev–Trinajstić information content (AvgIpc) is 2.89. The number of primary amides is 1. The first-order chi connectivity index (χ1) is 10.4. The fourth-order valence-corrected chi connectivity index (χ4v) is 2.36. The number of thioether (sulfide) groups is 1. The summed E-state index contributed by atoms with van der Waals surface area (Å²) in [5, 5.41) is 9.54. The van der Waals surface area contributed by atoms with Crippen LogP contribution in [0.1, 0.15) is 18.1 Å². The van der Waals surface area contributed by atoms with Crippen LogP contribution < -0.4 is 11.1 Å². The highest BCUT2D eigenvalue weighted by molar-refractivity contribution is 8.00. The molecule has 1 aromatic heterocycles. The Balaban J connectivity index is 2.09. The topological polar surface area (TPSA) is 111 Å². The van der Waals surface area contributed by atoms with Gasteiger partial charge in [-0.1, -0.05) is 17.8 Å². The van der Waals surface area contributed by atoms with Gasteiger partial charge in [-0.15, -0.1) is 10.2 Å². The van der Waals surface area contributed by atoms with Crippen molar-refractivity contribution in [1.29, 1.82) is 0 Å². The van der Waals surface area contributed by atoms with Gasteiger partial charge in [-0.2, -0.15) is 0 Å². The monoisotopic (exact) mass is 320 g/mol. The van der Waals surface area contributed by atoms with E-state index in [0.717, 1.165) is 22.9 Å². The zero-order valence-electron chi connectivity index (χ0n) is 12.4. The maximum atomic E-state index is 11.6. The van der Waals surface area contributed by atoms with Crippen LogP contribution in [0.3, 0.4) is 0 Å². The minimum absolute atomic E-state index is 0.250. The first-order valence-corrected chi connectivity index (χ1v) is 7.43. The van der Waals surface area contributed by atoms with Crippen molar-refractivity contribution in [1.82, 2.24) is 15.5 Å². The average molecular weight is 320 g/mol. The Labute approximate surface area is 131 Å². The van der Waals surface area contributed by atoms with Gasteiger partial charge in [0.05, 0.1) is 5.25 Å². The number of aromatic nitrogens is 2. The summed E-state index contributed by atoms with van der Waals surface area (Å²) in [4.78, 5) is 22.2. The van der Waals surface area contributed by atoms with Crippen LogP contribution >= 0.6 is 11.8 Å². The normalized spacial score (nSPS) is 12.0. The first-order valence-electron chi connectivity index (χ1n) is 6.55. The fraction of sp³-hybridized carbons (Fsp3) is 0.286. The van der Waals surface area contributed by atoms with Gasteiger partial charge in [0.2, 0.25) is 11.8 Å². The third-order valence-electron chi connectivity index (χ3n) is 3.05. The highest BCUT2D eigenvalue weighted by Crippen LogP contribution is 2.27. The summed E-state index contributed by atoms with van der Waals surface area (Å²) in [5.74, 6) is -0.128. The van der Waals surface area contributed by atoms with Crippen molar-refractivity contribution in [2.24, 2.45) is 5.73 Å². The lowest BCUT2D eigenvalue weighted by atomic mass is 10.1. The Bertz CT molecular complexity index is 714. The summed E-state index contributed by atoms with van der Waals surface area (Å²) < 4.78 is 5.53. The predicted octanol–water partition coefficient (Wildman–Crippen LogP) is 2.03. The SMILES string of the molecule is Cc1ccc(-c2nnc(S[C@H](C)C(=O)NC(N)=O)o2)cc1C. The number of nitrogens with zero attached hydrogens (tertiary/aromatic N) is 2. The van der Waals surface area contributed by atoms with Crippen molar-refractivity contribution in [2.45, 2.75) is 31.2 Å². The molecule has 2 aromatic rings. The number of imide groups is 1. The molecule has 0 saturated heterocycles. The van der Waals surface area contributed by atoms with Gasteiger partial charge in [0.1, 0.15) is 0 Å². The Morgan fingerprint density at radius 3 is 2.64 bits per heavy atom. The Kier molecular flexibility index (Phi) is 4.81. The highest BCUT2D eigenvalue weighted by Gasteiger charge is 2.19. The molecule has 0 bridgehead atoms. The van der Waals surface area contributed by atoms with Crippen molar-refractivity contribution in [2.75, 3.05) is 0 Å². The number of rotatable bonds is 4. The molecule has 1 heterocycles. The van der Waals surface area contributed by atoms with E-state index in [9.17, 15) is 9.59 Å². The number of nitrogens with one attached hydrogen (secondary N) is 1. The van der Waals surface area contributed by atoms with Crippen molar-refractivity contribution in [3.63, 3.8) is 0 Å². The number of carbonyl (C=O) groups is 2. The molecule has 3 amide bonds. The summed E-state index contributed by atoms with van der Waals surface area (Å²) in [6, 6.07) is 4.94. The molecule has 3 N–H and O–H groups in total. The lowest BCUT2D eigenvalue weighted by Gasteiger charge is -2.06. The molecule has 0 unspecified atom stereocenters. The molecule has 0 saturated carbocycles. The Morgan fingerprint density at radius 1 is 1.27 bits per heavy atom. The maximum Gasteiger partial charge on any atom is 0.318 e. The van der Waals surface area contributed by atoms with Crippen molar-refractivity contribution in [3.05, 3.63) is 29.3 Å². The molecular weight excluding hydrogens is 304 g/mol. The lowest BCUT2D eigenvalue weighted by molar-refractivity contribution is -0.119. The third-order valence-corrected chi connectivity index (χ3v) is 3.99. The van der Waals surface area contributed by atoms with Crippen LogP contribution in [0.4, 0.5) is 4.79 Å². The summed E-state index contributed by atoms with van der Waals surface area (Å²) in [6.45, 7) is 5.64. The van der Waals surface area contributed by atoms with E-state index in [-0.39, 0.29) is 5.22 Å². The second kappa shape index (κ2) is 6.61. The van der Waals surface area contributed by atoms with Crippen molar-refractivity contribution < 1.29 is 14.0 Å². The smallest absolute Gasteiger partial charge is 0.318 e. The molecule has 0 aliphatic rings. The summed E-state index contributed by atoms with van der Waals surface area (Å²) in [5.41, 5.74) is 8.02. The Morgan fingerprint density at radius 2 is 2.00 bits per heavy atom. The van der Waals surface area contributed by atoms with Crippen molar-refractivity contribution in [3.8, 4) is 11.5 Å². The van der Waals surface area contributed by atoms with E-state index in [4.69, 9.17) is 10.2 Å². The third kappa shape index (κ3) is 3.85. The molecule has 8 heteroatoms. The molecule has 0 aliphatic carbocycles. The van der Waals surface area contributed by atoms with Crippen LogP contribution in [-0.4, -0.2) is 27.4 Å². The molecule has 0 spiro atoms. The zero-order valence-corrected chi connectivity index (χ0v) is 13.2. The van der Waals surface area contributed by atoms with Crippen LogP contribution in [0.25, 0.3) is 11.5 Å². The number of urea groups is 1. The summed E-state index contributed by atoms with van der Waals surface area (Å²) in [6.07, 6.45) is 0. The molecular formula is C14H16N4O3S. The van der Waals surface area contributed by atoms with Gasteiger partial charge >= 0.3 is 6.03 Å². The first kappa shape index (κ1) is 16.0. The second-order valence-corrected chi connectivity index (χ2v) is 6.08. The molecule has 0 aliphatic heterocycles. The molecule has 0 radical (unpaired) electrons. The zero-order chi connectivity index (χ0) is 16.3. The largest absolute Gasteiger partial charge is 0.411 e. The van der Waals surface area contributed by atoms with Crippen LogP contribution in [0, 0.1) is 13.8 Å². The van der Waals surface area contributed by atoms with Crippen LogP contribution in [0.5, 0.6) is 0 Å². The summed E-state index contributed by atoms with van der Waals surface area (Å²) in [7, 11) is 0. The van der Waals surface area contributed by atoms with Crippen molar-refractivity contribution >= 4 is 23.7 Å².